The lowest BCUT2D eigenvalue weighted by atomic mass is 9.56. The van der Waals surface area contributed by atoms with Crippen molar-refractivity contribution < 1.29 is 0 Å². The van der Waals surface area contributed by atoms with Gasteiger partial charge < -0.3 is 5.32 Å². The van der Waals surface area contributed by atoms with Crippen LogP contribution in [0, 0.1) is 19.3 Å². The second-order valence-electron chi connectivity index (χ2n) is 6.46. The maximum absolute atomic E-state index is 3.68. The molecule has 2 atom stereocenters. The van der Waals surface area contributed by atoms with E-state index in [1.807, 2.05) is 0 Å². The van der Waals surface area contributed by atoms with Crippen LogP contribution in [0.1, 0.15) is 56.2 Å². The molecular weight excluding hydrogens is 218 g/mol. The summed E-state index contributed by atoms with van der Waals surface area (Å²) in [5.74, 6) is 0.714. The normalized spacial score (nSPS) is 25.8. The van der Waals surface area contributed by atoms with E-state index in [0.717, 1.165) is 6.54 Å². The molecule has 2 unspecified atom stereocenters. The van der Waals surface area contributed by atoms with Crippen LogP contribution in [0.3, 0.4) is 0 Å². The number of aryl methyl sites for hydroxylation is 2. The van der Waals surface area contributed by atoms with E-state index in [0.29, 0.717) is 17.4 Å². The van der Waals surface area contributed by atoms with Gasteiger partial charge in [0.1, 0.15) is 0 Å². The molecule has 1 aliphatic carbocycles. The van der Waals surface area contributed by atoms with Crippen molar-refractivity contribution in [3.63, 3.8) is 0 Å². The third kappa shape index (κ3) is 2.33. The van der Waals surface area contributed by atoms with Gasteiger partial charge in [-0.25, -0.2) is 0 Å². The van der Waals surface area contributed by atoms with Crippen LogP contribution in [-0.2, 0) is 0 Å². The van der Waals surface area contributed by atoms with E-state index < -0.39 is 0 Å². The zero-order chi connectivity index (χ0) is 13.3. The summed E-state index contributed by atoms with van der Waals surface area (Å²) in [5, 5.41) is 3.68. The molecule has 0 radical (unpaired) electrons. The molecule has 1 aliphatic rings. The fraction of sp³-hybridized carbons (Fsp3) is 0.647. The van der Waals surface area contributed by atoms with Gasteiger partial charge in [-0.05, 0) is 61.3 Å². The van der Waals surface area contributed by atoms with Gasteiger partial charge in [0.25, 0.3) is 0 Å². The predicted molar refractivity (Wildman–Crippen MR) is 79.1 cm³/mol. The molecular formula is C17H27N. The molecule has 1 aromatic rings. The van der Waals surface area contributed by atoms with E-state index >= 15 is 0 Å². The molecule has 0 aliphatic heterocycles. The SMILES string of the molecule is CCCNC1CC(c2ccc(C)c(C)c2)C1(C)C. The number of rotatable bonds is 4. The average molecular weight is 245 g/mol. The number of benzene rings is 1. The lowest BCUT2D eigenvalue weighted by Gasteiger charge is -2.53. The molecule has 18 heavy (non-hydrogen) atoms. The highest BCUT2D eigenvalue weighted by Crippen LogP contribution is 2.52. The second-order valence-corrected chi connectivity index (χ2v) is 6.46. The first-order chi connectivity index (χ1) is 8.46. The van der Waals surface area contributed by atoms with E-state index in [1.165, 1.54) is 29.5 Å². The molecule has 2 rings (SSSR count). The monoisotopic (exact) mass is 245 g/mol. The number of hydrogen-bond donors (Lipinski definition) is 1. The summed E-state index contributed by atoms with van der Waals surface area (Å²) < 4.78 is 0. The summed E-state index contributed by atoms with van der Waals surface area (Å²) in [6, 6.07) is 7.67. The molecule has 1 aromatic carbocycles. The number of hydrogen-bond acceptors (Lipinski definition) is 1. The summed E-state index contributed by atoms with van der Waals surface area (Å²) in [5.41, 5.74) is 4.74. The highest BCUT2D eigenvalue weighted by atomic mass is 15.0. The maximum Gasteiger partial charge on any atom is 0.0130 e. The molecule has 1 fully saturated rings. The smallest absolute Gasteiger partial charge is 0.0130 e. The van der Waals surface area contributed by atoms with E-state index in [2.05, 4.69) is 58.1 Å². The van der Waals surface area contributed by atoms with Crippen LogP contribution < -0.4 is 5.32 Å². The quantitative estimate of drug-likeness (QED) is 0.839. The van der Waals surface area contributed by atoms with Gasteiger partial charge in [-0.1, -0.05) is 39.0 Å². The van der Waals surface area contributed by atoms with Crippen LogP contribution in [0.2, 0.25) is 0 Å². The van der Waals surface area contributed by atoms with Crippen molar-refractivity contribution >= 4 is 0 Å². The van der Waals surface area contributed by atoms with Crippen molar-refractivity contribution in [1.29, 1.82) is 0 Å². The topological polar surface area (TPSA) is 12.0 Å². The van der Waals surface area contributed by atoms with Gasteiger partial charge in [-0.15, -0.1) is 0 Å². The minimum absolute atomic E-state index is 0.386. The Balaban J connectivity index is 2.09. The van der Waals surface area contributed by atoms with Crippen LogP contribution in [0.4, 0.5) is 0 Å². The molecule has 0 saturated heterocycles. The lowest BCUT2D eigenvalue weighted by molar-refractivity contribution is 0.0694. The summed E-state index contributed by atoms with van der Waals surface area (Å²) in [6.45, 7) is 12.6. The van der Waals surface area contributed by atoms with Crippen molar-refractivity contribution in [3.05, 3.63) is 34.9 Å². The van der Waals surface area contributed by atoms with E-state index in [1.54, 1.807) is 0 Å². The van der Waals surface area contributed by atoms with Crippen LogP contribution in [0.5, 0.6) is 0 Å². The zero-order valence-electron chi connectivity index (χ0n) is 12.5. The number of nitrogens with one attached hydrogen (secondary N) is 1. The fourth-order valence-electron chi connectivity index (χ4n) is 3.14. The third-order valence-corrected chi connectivity index (χ3v) is 4.84. The first kappa shape index (κ1) is 13.6. The van der Waals surface area contributed by atoms with Crippen molar-refractivity contribution in [2.45, 2.75) is 59.4 Å². The van der Waals surface area contributed by atoms with Crippen LogP contribution >= 0.6 is 0 Å². The van der Waals surface area contributed by atoms with E-state index in [-0.39, 0.29) is 0 Å². The predicted octanol–water partition coefficient (Wildman–Crippen LogP) is 4.19. The molecule has 1 nitrogen and oxygen atoms in total. The Kier molecular flexibility index (Phi) is 3.82. The first-order valence-electron chi connectivity index (χ1n) is 7.27. The summed E-state index contributed by atoms with van der Waals surface area (Å²) in [6.07, 6.45) is 2.51. The van der Waals surface area contributed by atoms with E-state index in [4.69, 9.17) is 0 Å². The molecule has 0 heterocycles. The van der Waals surface area contributed by atoms with Crippen molar-refractivity contribution in [1.82, 2.24) is 5.32 Å². The highest BCUT2D eigenvalue weighted by Gasteiger charge is 2.48. The summed E-state index contributed by atoms with van der Waals surface area (Å²) in [4.78, 5) is 0. The molecule has 0 bridgehead atoms. The zero-order valence-corrected chi connectivity index (χ0v) is 12.5. The maximum atomic E-state index is 3.68. The van der Waals surface area contributed by atoms with Gasteiger partial charge in [0.15, 0.2) is 0 Å². The van der Waals surface area contributed by atoms with Gasteiger partial charge in [-0.3, -0.25) is 0 Å². The van der Waals surface area contributed by atoms with Gasteiger partial charge in [0.2, 0.25) is 0 Å². The Hall–Kier alpha value is -0.820. The largest absolute Gasteiger partial charge is 0.313 e. The lowest BCUT2D eigenvalue weighted by Crippen LogP contribution is -2.55. The average Bonchev–Trinajstić information content (AvgIpc) is 2.32. The molecule has 1 N–H and O–H groups in total. The minimum atomic E-state index is 0.386. The van der Waals surface area contributed by atoms with Crippen molar-refractivity contribution in [2.75, 3.05) is 6.54 Å². The molecule has 0 spiro atoms. The van der Waals surface area contributed by atoms with Gasteiger partial charge >= 0.3 is 0 Å². The fourth-order valence-corrected chi connectivity index (χ4v) is 3.14. The van der Waals surface area contributed by atoms with Crippen molar-refractivity contribution in [2.24, 2.45) is 5.41 Å². The first-order valence-corrected chi connectivity index (χ1v) is 7.27. The Labute approximate surface area is 112 Å². The standard InChI is InChI=1S/C17H27N/c1-6-9-18-16-11-15(17(16,4)5)14-8-7-12(2)13(3)10-14/h7-8,10,15-16,18H,6,9,11H2,1-5H3. The summed E-state index contributed by atoms with van der Waals surface area (Å²) in [7, 11) is 0. The Bertz CT molecular complexity index is 420. The minimum Gasteiger partial charge on any atom is -0.313 e. The molecule has 0 aromatic heterocycles. The Morgan fingerprint density at radius 3 is 2.50 bits per heavy atom. The van der Waals surface area contributed by atoms with E-state index in [9.17, 15) is 0 Å². The summed E-state index contributed by atoms with van der Waals surface area (Å²) >= 11 is 0. The van der Waals surface area contributed by atoms with Gasteiger partial charge in [0, 0.05) is 6.04 Å². The molecule has 1 heteroatoms. The molecule has 1 saturated carbocycles. The Morgan fingerprint density at radius 1 is 1.22 bits per heavy atom. The third-order valence-electron chi connectivity index (χ3n) is 4.84. The van der Waals surface area contributed by atoms with Crippen LogP contribution in [-0.4, -0.2) is 12.6 Å². The van der Waals surface area contributed by atoms with Crippen LogP contribution in [0.15, 0.2) is 18.2 Å². The van der Waals surface area contributed by atoms with Crippen molar-refractivity contribution in [3.8, 4) is 0 Å². The second kappa shape index (κ2) is 5.05. The molecule has 0 amide bonds. The molecule has 100 valence electrons. The van der Waals surface area contributed by atoms with Gasteiger partial charge in [-0.2, -0.15) is 0 Å². The van der Waals surface area contributed by atoms with Gasteiger partial charge in [0.05, 0.1) is 0 Å². The Morgan fingerprint density at radius 2 is 1.94 bits per heavy atom. The van der Waals surface area contributed by atoms with Crippen LogP contribution in [0.25, 0.3) is 0 Å². The highest BCUT2D eigenvalue weighted by molar-refractivity contribution is 5.35.